The molecule has 8 heteroatoms. The molecule has 6 nitrogen and oxygen atoms in total. The maximum absolute atomic E-state index is 12.1. The van der Waals surface area contributed by atoms with Gasteiger partial charge in [-0.05, 0) is 18.6 Å². The maximum atomic E-state index is 12.1. The normalized spacial score (nSPS) is 14.0. The van der Waals surface area contributed by atoms with Crippen molar-refractivity contribution in [2.45, 2.75) is 6.42 Å². The maximum Gasteiger partial charge on any atom is 0.275 e. The second-order valence-corrected chi connectivity index (χ2v) is 7.34. The van der Waals surface area contributed by atoms with Crippen LogP contribution >= 0.6 is 11.3 Å². The predicted molar refractivity (Wildman–Crippen MR) is 82.4 cm³/mol. The third kappa shape index (κ3) is 2.64. The van der Waals surface area contributed by atoms with Crippen LogP contribution in [0.4, 0.5) is 11.4 Å². The molecule has 0 unspecified atom stereocenters. The minimum absolute atomic E-state index is 0.289. The van der Waals surface area contributed by atoms with E-state index in [1.54, 1.807) is 29.1 Å². The molecular weight excluding hydrogens is 310 g/mol. The van der Waals surface area contributed by atoms with Gasteiger partial charge in [0.2, 0.25) is 10.0 Å². The van der Waals surface area contributed by atoms with Crippen LogP contribution in [0.25, 0.3) is 0 Å². The number of nitrogens with zero attached hydrogens (tertiary/aromatic N) is 2. The summed E-state index contributed by atoms with van der Waals surface area (Å²) in [4.78, 5) is 16.0. The minimum Gasteiger partial charge on any atom is -0.320 e. The lowest BCUT2D eigenvalue weighted by molar-refractivity contribution is 0.102. The van der Waals surface area contributed by atoms with Gasteiger partial charge in [0, 0.05) is 23.2 Å². The van der Waals surface area contributed by atoms with Gasteiger partial charge in [-0.1, -0.05) is 6.07 Å². The lowest BCUT2D eigenvalue weighted by Gasteiger charge is -2.17. The fourth-order valence-electron chi connectivity index (χ4n) is 2.38. The molecule has 3 rings (SSSR count). The standard InChI is InChI=1S/C13H13N3O3S2/c1-21(18,19)16-6-5-9-10(3-2-4-12(9)16)15-13(17)11-7-20-8-14-11/h2-4,7-8H,5-6H2,1H3,(H,15,17). The number of carbonyl (C=O) groups is 1. The van der Waals surface area contributed by atoms with Crippen molar-refractivity contribution in [3.05, 3.63) is 40.3 Å². The van der Waals surface area contributed by atoms with Crippen LogP contribution < -0.4 is 9.62 Å². The fourth-order valence-corrected chi connectivity index (χ4v) is 3.86. The summed E-state index contributed by atoms with van der Waals surface area (Å²) in [6, 6.07) is 5.26. The summed E-state index contributed by atoms with van der Waals surface area (Å²) in [5.74, 6) is -0.289. The summed E-state index contributed by atoms with van der Waals surface area (Å²) in [6.07, 6.45) is 1.76. The molecule has 0 bridgehead atoms. The second-order valence-electron chi connectivity index (χ2n) is 4.72. The lowest BCUT2D eigenvalue weighted by Crippen LogP contribution is -2.27. The quantitative estimate of drug-likeness (QED) is 0.933. The first-order chi connectivity index (χ1) is 9.97. The molecule has 1 aliphatic heterocycles. The van der Waals surface area contributed by atoms with Gasteiger partial charge in [0.25, 0.3) is 5.91 Å². The number of sulfonamides is 1. The molecule has 1 aromatic heterocycles. The van der Waals surface area contributed by atoms with Crippen LogP contribution in [-0.2, 0) is 16.4 Å². The van der Waals surface area contributed by atoms with E-state index in [0.717, 1.165) is 5.56 Å². The van der Waals surface area contributed by atoms with Gasteiger partial charge in [0.1, 0.15) is 5.69 Å². The van der Waals surface area contributed by atoms with E-state index in [1.165, 1.54) is 21.9 Å². The first-order valence-corrected chi connectivity index (χ1v) is 9.05. The van der Waals surface area contributed by atoms with Crippen LogP contribution in [0.15, 0.2) is 29.1 Å². The van der Waals surface area contributed by atoms with Gasteiger partial charge in [-0.3, -0.25) is 9.10 Å². The summed E-state index contributed by atoms with van der Waals surface area (Å²) >= 11 is 1.35. The molecule has 0 saturated heterocycles. The van der Waals surface area contributed by atoms with Crippen molar-refractivity contribution >= 4 is 38.6 Å². The first-order valence-electron chi connectivity index (χ1n) is 6.26. The van der Waals surface area contributed by atoms with E-state index in [4.69, 9.17) is 0 Å². The van der Waals surface area contributed by atoms with Crippen molar-refractivity contribution in [2.24, 2.45) is 0 Å². The number of rotatable bonds is 3. The molecule has 2 aromatic rings. The van der Waals surface area contributed by atoms with Crippen LogP contribution in [0.5, 0.6) is 0 Å². The van der Waals surface area contributed by atoms with Gasteiger partial charge >= 0.3 is 0 Å². The number of aromatic nitrogens is 1. The van der Waals surface area contributed by atoms with Crippen LogP contribution in [0.1, 0.15) is 16.1 Å². The third-order valence-corrected chi connectivity index (χ3v) is 5.06. The average Bonchev–Trinajstić information content (AvgIpc) is 3.07. The molecule has 21 heavy (non-hydrogen) atoms. The van der Waals surface area contributed by atoms with Crippen LogP contribution in [0, 0.1) is 0 Å². The third-order valence-electron chi connectivity index (χ3n) is 3.30. The molecule has 2 heterocycles. The molecule has 0 atom stereocenters. The number of hydrogen-bond acceptors (Lipinski definition) is 5. The highest BCUT2D eigenvalue weighted by molar-refractivity contribution is 7.92. The molecule has 0 saturated carbocycles. The first kappa shape index (κ1) is 14.0. The zero-order valence-electron chi connectivity index (χ0n) is 11.2. The number of benzene rings is 1. The van der Waals surface area contributed by atoms with Crippen molar-refractivity contribution in [3.63, 3.8) is 0 Å². The number of anilines is 2. The smallest absolute Gasteiger partial charge is 0.275 e. The van der Waals surface area contributed by atoms with E-state index in [0.29, 0.717) is 30.0 Å². The van der Waals surface area contributed by atoms with E-state index in [9.17, 15) is 13.2 Å². The van der Waals surface area contributed by atoms with Crippen molar-refractivity contribution in [2.75, 3.05) is 22.4 Å². The van der Waals surface area contributed by atoms with Crippen molar-refractivity contribution in [1.29, 1.82) is 0 Å². The summed E-state index contributed by atoms with van der Waals surface area (Å²) in [6.45, 7) is 0.401. The monoisotopic (exact) mass is 323 g/mol. The molecule has 1 aliphatic rings. The topological polar surface area (TPSA) is 79.4 Å². The molecule has 0 fully saturated rings. The van der Waals surface area contributed by atoms with E-state index < -0.39 is 10.0 Å². The van der Waals surface area contributed by atoms with Crippen molar-refractivity contribution in [3.8, 4) is 0 Å². The van der Waals surface area contributed by atoms with Gasteiger partial charge in [0.05, 0.1) is 17.5 Å². The summed E-state index contributed by atoms with van der Waals surface area (Å²) in [5, 5.41) is 4.47. The highest BCUT2D eigenvalue weighted by Gasteiger charge is 2.28. The molecule has 0 radical (unpaired) electrons. The Balaban J connectivity index is 1.93. The number of carbonyl (C=O) groups excluding carboxylic acids is 1. The predicted octanol–water partition coefficient (Wildman–Crippen LogP) is 1.72. The van der Waals surface area contributed by atoms with Gasteiger partial charge in [-0.15, -0.1) is 11.3 Å². The number of nitrogens with one attached hydrogen (secondary N) is 1. The van der Waals surface area contributed by atoms with E-state index >= 15 is 0 Å². The lowest BCUT2D eigenvalue weighted by atomic mass is 10.1. The zero-order valence-corrected chi connectivity index (χ0v) is 12.9. The Morgan fingerprint density at radius 3 is 2.90 bits per heavy atom. The van der Waals surface area contributed by atoms with Gasteiger partial charge < -0.3 is 5.32 Å². The molecule has 1 amide bonds. The Bertz CT molecular complexity index is 785. The van der Waals surface area contributed by atoms with E-state index in [-0.39, 0.29) is 5.91 Å². The second kappa shape index (κ2) is 5.12. The van der Waals surface area contributed by atoms with Crippen LogP contribution in [0.3, 0.4) is 0 Å². The zero-order chi connectivity index (χ0) is 15.0. The van der Waals surface area contributed by atoms with Crippen LogP contribution in [-0.4, -0.2) is 32.1 Å². The molecule has 1 aromatic carbocycles. The van der Waals surface area contributed by atoms with E-state index in [1.807, 2.05) is 0 Å². The van der Waals surface area contributed by atoms with Gasteiger partial charge in [-0.2, -0.15) is 0 Å². The molecule has 0 aliphatic carbocycles. The average molecular weight is 323 g/mol. The fraction of sp³-hybridized carbons (Fsp3) is 0.231. The number of hydrogen-bond donors (Lipinski definition) is 1. The highest BCUT2D eigenvalue weighted by Crippen LogP contribution is 2.35. The molecule has 0 spiro atoms. The highest BCUT2D eigenvalue weighted by atomic mass is 32.2. The van der Waals surface area contributed by atoms with Gasteiger partial charge in [-0.25, -0.2) is 13.4 Å². The largest absolute Gasteiger partial charge is 0.320 e. The Morgan fingerprint density at radius 1 is 1.43 bits per heavy atom. The number of amides is 1. The van der Waals surface area contributed by atoms with Crippen molar-refractivity contribution in [1.82, 2.24) is 4.98 Å². The summed E-state index contributed by atoms with van der Waals surface area (Å²) in [7, 11) is -3.29. The molecule has 110 valence electrons. The Morgan fingerprint density at radius 2 is 2.24 bits per heavy atom. The Labute approximate surface area is 126 Å². The Hall–Kier alpha value is -1.93. The number of thiazole rings is 1. The van der Waals surface area contributed by atoms with Crippen molar-refractivity contribution < 1.29 is 13.2 Å². The summed E-state index contributed by atoms with van der Waals surface area (Å²) < 4.78 is 24.9. The summed E-state index contributed by atoms with van der Waals surface area (Å²) in [5.41, 5.74) is 4.06. The minimum atomic E-state index is -3.29. The molecule has 1 N–H and O–H groups in total. The van der Waals surface area contributed by atoms with Crippen LogP contribution in [0.2, 0.25) is 0 Å². The van der Waals surface area contributed by atoms with Gasteiger partial charge in [0.15, 0.2) is 0 Å². The Kier molecular flexibility index (Phi) is 3.42. The molecular formula is C13H13N3O3S2. The van der Waals surface area contributed by atoms with E-state index in [2.05, 4.69) is 10.3 Å². The SMILES string of the molecule is CS(=O)(=O)N1CCc2c(NC(=O)c3cscn3)cccc21. The number of fused-ring (bicyclic) bond motifs is 1.